The fraction of sp³-hybridized carbons (Fsp3) is 0.562. The number of rotatable bonds is 1. The minimum Gasteiger partial charge on any atom is -0.369 e. The number of ketones is 1. The van der Waals surface area contributed by atoms with Crippen molar-refractivity contribution >= 4 is 5.78 Å². The van der Waals surface area contributed by atoms with Crippen molar-refractivity contribution in [3.63, 3.8) is 0 Å². The summed E-state index contributed by atoms with van der Waals surface area (Å²) in [6.07, 6.45) is 4.57. The highest BCUT2D eigenvalue weighted by atomic mass is 16.5. The first-order valence-electron chi connectivity index (χ1n) is 7.01. The quantitative estimate of drug-likeness (QED) is 0.755. The van der Waals surface area contributed by atoms with Crippen LogP contribution in [0.25, 0.3) is 0 Å². The lowest BCUT2D eigenvalue weighted by molar-refractivity contribution is -0.162. The summed E-state index contributed by atoms with van der Waals surface area (Å²) in [4.78, 5) is 12.5. The molecule has 1 aromatic carbocycles. The fourth-order valence-corrected chi connectivity index (χ4v) is 3.39. The smallest absolute Gasteiger partial charge is 0.144 e. The molecule has 0 bridgehead atoms. The second-order valence-corrected chi connectivity index (χ2v) is 5.59. The Kier molecular flexibility index (Phi) is 3.21. The number of Topliss-reactive ketones (excluding diaryl/α,β-unsaturated/α-hetero) is 1. The zero-order chi connectivity index (χ0) is 12.5. The van der Waals surface area contributed by atoms with Gasteiger partial charge in [-0.2, -0.15) is 0 Å². The third-order valence-electron chi connectivity index (χ3n) is 4.42. The van der Waals surface area contributed by atoms with Crippen molar-refractivity contribution in [2.45, 2.75) is 44.8 Å². The molecule has 18 heavy (non-hydrogen) atoms. The molecule has 4 atom stereocenters. The molecular formula is C16H20O2. The van der Waals surface area contributed by atoms with Crippen LogP contribution >= 0.6 is 0 Å². The predicted molar refractivity (Wildman–Crippen MR) is 70.2 cm³/mol. The van der Waals surface area contributed by atoms with E-state index in [1.54, 1.807) is 0 Å². The first-order chi connectivity index (χ1) is 8.77. The Hall–Kier alpha value is -1.15. The van der Waals surface area contributed by atoms with Crippen LogP contribution in [0.1, 0.15) is 44.3 Å². The van der Waals surface area contributed by atoms with Crippen LogP contribution in [-0.4, -0.2) is 11.9 Å². The Labute approximate surface area is 108 Å². The average molecular weight is 244 g/mol. The molecule has 0 N–H and O–H groups in total. The Morgan fingerprint density at radius 3 is 2.61 bits per heavy atom. The molecule has 2 fully saturated rings. The summed E-state index contributed by atoms with van der Waals surface area (Å²) in [5, 5.41) is 0. The highest BCUT2D eigenvalue weighted by Gasteiger charge is 2.43. The molecule has 0 unspecified atom stereocenters. The van der Waals surface area contributed by atoms with E-state index < -0.39 is 0 Å². The summed E-state index contributed by atoms with van der Waals surface area (Å²) >= 11 is 0. The number of carbonyl (C=O) groups excluding carboxylic acids is 1. The Morgan fingerprint density at radius 1 is 1.11 bits per heavy atom. The highest BCUT2D eigenvalue weighted by Crippen LogP contribution is 2.42. The van der Waals surface area contributed by atoms with E-state index in [2.05, 4.69) is 12.1 Å². The van der Waals surface area contributed by atoms with Crippen molar-refractivity contribution in [1.29, 1.82) is 0 Å². The van der Waals surface area contributed by atoms with Crippen molar-refractivity contribution in [3.05, 3.63) is 35.9 Å². The number of fused-ring (bicyclic) bond motifs is 1. The van der Waals surface area contributed by atoms with Crippen LogP contribution in [0.4, 0.5) is 0 Å². The largest absolute Gasteiger partial charge is 0.369 e. The van der Waals surface area contributed by atoms with E-state index in [1.165, 1.54) is 12.8 Å². The maximum atomic E-state index is 12.5. The van der Waals surface area contributed by atoms with Crippen LogP contribution in [0, 0.1) is 11.8 Å². The summed E-state index contributed by atoms with van der Waals surface area (Å²) in [6.45, 7) is 2.02. The lowest BCUT2D eigenvalue weighted by Crippen LogP contribution is -2.45. The van der Waals surface area contributed by atoms with Gasteiger partial charge in [0.05, 0.1) is 12.2 Å². The SMILES string of the molecule is C[C@H]1C(=O)[C@@H]2CCCC[C@H]2O[C@H]1c1ccccc1. The number of ether oxygens (including phenoxy) is 1. The van der Waals surface area contributed by atoms with E-state index in [4.69, 9.17) is 4.74 Å². The lowest BCUT2D eigenvalue weighted by atomic mass is 9.75. The first-order valence-corrected chi connectivity index (χ1v) is 7.01. The maximum Gasteiger partial charge on any atom is 0.144 e. The molecule has 1 aliphatic heterocycles. The van der Waals surface area contributed by atoms with Gasteiger partial charge in [0.15, 0.2) is 0 Å². The van der Waals surface area contributed by atoms with E-state index >= 15 is 0 Å². The monoisotopic (exact) mass is 244 g/mol. The van der Waals surface area contributed by atoms with Crippen LogP contribution in [0.15, 0.2) is 30.3 Å². The predicted octanol–water partition coefficient (Wildman–Crippen LogP) is 3.52. The standard InChI is InChI=1S/C16H20O2/c1-11-15(17)13-9-5-6-10-14(13)18-16(11)12-7-3-2-4-8-12/h2-4,7-8,11,13-14,16H,5-6,9-10H2,1H3/t11-,13+,14+,16+/m0/s1. The summed E-state index contributed by atoms with van der Waals surface area (Å²) in [7, 11) is 0. The molecule has 1 aromatic rings. The van der Waals surface area contributed by atoms with Crippen molar-refractivity contribution in [2.24, 2.45) is 11.8 Å². The van der Waals surface area contributed by atoms with Gasteiger partial charge in [0.25, 0.3) is 0 Å². The molecule has 0 spiro atoms. The van der Waals surface area contributed by atoms with Crippen LogP contribution in [0.3, 0.4) is 0 Å². The van der Waals surface area contributed by atoms with E-state index in [0.29, 0.717) is 5.78 Å². The second kappa shape index (κ2) is 4.85. The molecule has 1 saturated heterocycles. The molecule has 0 radical (unpaired) electrons. The molecule has 1 aliphatic carbocycles. The first kappa shape index (κ1) is 11.9. The van der Waals surface area contributed by atoms with Crippen molar-refractivity contribution in [2.75, 3.05) is 0 Å². The van der Waals surface area contributed by atoms with Gasteiger partial charge in [-0.25, -0.2) is 0 Å². The third-order valence-corrected chi connectivity index (χ3v) is 4.42. The lowest BCUT2D eigenvalue weighted by Gasteiger charge is -2.42. The number of carbonyl (C=O) groups is 1. The van der Waals surface area contributed by atoms with Gasteiger partial charge in [0.2, 0.25) is 0 Å². The second-order valence-electron chi connectivity index (χ2n) is 5.59. The molecule has 0 amide bonds. The molecule has 0 aromatic heterocycles. The zero-order valence-corrected chi connectivity index (χ0v) is 10.8. The molecule has 2 heteroatoms. The van der Waals surface area contributed by atoms with Gasteiger partial charge in [0, 0.05) is 11.8 Å². The molecule has 96 valence electrons. The van der Waals surface area contributed by atoms with Crippen molar-refractivity contribution in [3.8, 4) is 0 Å². The molecule has 1 heterocycles. The van der Waals surface area contributed by atoms with E-state index in [-0.39, 0.29) is 24.0 Å². The van der Waals surface area contributed by atoms with Crippen LogP contribution in [0.2, 0.25) is 0 Å². The molecule has 3 rings (SSSR count). The highest BCUT2D eigenvalue weighted by molar-refractivity contribution is 5.85. The Morgan fingerprint density at radius 2 is 1.83 bits per heavy atom. The Balaban J connectivity index is 1.86. The van der Waals surface area contributed by atoms with Gasteiger partial charge in [-0.3, -0.25) is 4.79 Å². The van der Waals surface area contributed by atoms with Gasteiger partial charge in [-0.1, -0.05) is 50.1 Å². The minimum absolute atomic E-state index is 0.00764. The van der Waals surface area contributed by atoms with Crippen LogP contribution in [-0.2, 0) is 9.53 Å². The number of hydrogen-bond donors (Lipinski definition) is 0. The van der Waals surface area contributed by atoms with Crippen LogP contribution in [0.5, 0.6) is 0 Å². The molecule has 1 saturated carbocycles. The van der Waals surface area contributed by atoms with Crippen LogP contribution < -0.4 is 0 Å². The molecule has 2 aliphatic rings. The topological polar surface area (TPSA) is 26.3 Å². The van der Waals surface area contributed by atoms with E-state index in [9.17, 15) is 4.79 Å². The van der Waals surface area contributed by atoms with Gasteiger partial charge >= 0.3 is 0 Å². The summed E-state index contributed by atoms with van der Waals surface area (Å²) < 4.78 is 6.24. The minimum atomic E-state index is -0.0435. The molecule has 2 nitrogen and oxygen atoms in total. The average Bonchev–Trinajstić information content (AvgIpc) is 2.44. The van der Waals surface area contributed by atoms with Gasteiger partial charge in [0.1, 0.15) is 5.78 Å². The fourth-order valence-electron chi connectivity index (χ4n) is 3.39. The zero-order valence-electron chi connectivity index (χ0n) is 10.8. The van der Waals surface area contributed by atoms with Crippen molar-refractivity contribution in [1.82, 2.24) is 0 Å². The van der Waals surface area contributed by atoms with E-state index in [0.717, 1.165) is 18.4 Å². The number of hydrogen-bond acceptors (Lipinski definition) is 2. The molecular weight excluding hydrogens is 224 g/mol. The van der Waals surface area contributed by atoms with Gasteiger partial charge in [-0.15, -0.1) is 0 Å². The summed E-state index contributed by atoms with van der Waals surface area (Å²) in [5.74, 6) is 0.570. The van der Waals surface area contributed by atoms with Gasteiger partial charge < -0.3 is 4.74 Å². The maximum absolute atomic E-state index is 12.5. The van der Waals surface area contributed by atoms with Gasteiger partial charge in [-0.05, 0) is 18.4 Å². The Bertz CT molecular complexity index is 426. The normalized spacial score (nSPS) is 36.2. The van der Waals surface area contributed by atoms with E-state index in [1.807, 2.05) is 25.1 Å². The summed E-state index contributed by atoms with van der Waals surface area (Å²) in [6, 6.07) is 10.2. The third kappa shape index (κ3) is 1.99. The summed E-state index contributed by atoms with van der Waals surface area (Å²) in [5.41, 5.74) is 1.14. The number of benzene rings is 1. The van der Waals surface area contributed by atoms with Crippen molar-refractivity contribution < 1.29 is 9.53 Å².